The monoisotopic (exact) mass is 363 g/mol. The van der Waals surface area contributed by atoms with Gasteiger partial charge in [0.05, 0.1) is 5.69 Å². The number of aromatic nitrogens is 2. The van der Waals surface area contributed by atoms with Gasteiger partial charge in [-0.25, -0.2) is 8.42 Å². The van der Waals surface area contributed by atoms with E-state index in [0.717, 1.165) is 4.47 Å². The van der Waals surface area contributed by atoms with Crippen LogP contribution >= 0.6 is 27.5 Å². The Balaban J connectivity index is 2.44. The summed E-state index contributed by atoms with van der Waals surface area (Å²) in [6.45, 7) is 1.60. The minimum atomic E-state index is -3.76. The first kappa shape index (κ1) is 14.4. The smallest absolute Gasteiger partial charge is 0.266 e. The number of rotatable bonds is 3. The number of sulfonamides is 1. The van der Waals surface area contributed by atoms with Gasteiger partial charge in [-0.1, -0.05) is 33.6 Å². The van der Waals surface area contributed by atoms with E-state index in [0.29, 0.717) is 11.4 Å². The number of aryl methyl sites for hydroxylation is 2. The molecule has 1 aromatic carbocycles. The second-order valence-electron chi connectivity index (χ2n) is 3.94. The molecule has 1 heterocycles. The second-order valence-corrected chi connectivity index (χ2v) is 6.84. The Kier molecular flexibility index (Phi) is 3.89. The lowest BCUT2D eigenvalue weighted by Crippen LogP contribution is -2.14. The lowest BCUT2D eigenvalue weighted by molar-refractivity contribution is 0.600. The van der Waals surface area contributed by atoms with Gasteiger partial charge in [-0.3, -0.25) is 9.40 Å². The van der Waals surface area contributed by atoms with E-state index in [2.05, 4.69) is 25.8 Å². The molecule has 0 saturated heterocycles. The topological polar surface area (TPSA) is 64.0 Å². The van der Waals surface area contributed by atoms with Crippen molar-refractivity contribution < 1.29 is 8.42 Å². The molecule has 0 saturated carbocycles. The van der Waals surface area contributed by atoms with Crippen LogP contribution in [0.5, 0.6) is 0 Å². The number of anilines is 1. The van der Waals surface area contributed by atoms with E-state index in [4.69, 9.17) is 11.6 Å². The Bertz CT molecular complexity index is 728. The standard InChI is InChI=1S/C11H11BrClN3O2S/c1-7-10(11(13)16(2)14-7)19(17,18)15-9-5-3-4-8(12)6-9/h3-6,15H,1-2H3. The molecule has 0 unspecified atom stereocenters. The van der Waals surface area contributed by atoms with Gasteiger partial charge in [0.1, 0.15) is 10.0 Å². The van der Waals surface area contributed by atoms with E-state index in [9.17, 15) is 8.42 Å². The van der Waals surface area contributed by atoms with Crippen molar-refractivity contribution in [2.45, 2.75) is 11.8 Å². The van der Waals surface area contributed by atoms with Crippen LogP contribution in [0.1, 0.15) is 5.69 Å². The molecule has 1 N–H and O–H groups in total. The summed E-state index contributed by atoms with van der Waals surface area (Å²) in [5.41, 5.74) is 0.809. The molecular formula is C11H11BrClN3O2S. The number of nitrogens with zero attached hydrogens (tertiary/aromatic N) is 2. The zero-order valence-electron chi connectivity index (χ0n) is 10.2. The summed E-state index contributed by atoms with van der Waals surface area (Å²) in [7, 11) is -2.17. The molecule has 0 radical (unpaired) electrons. The Morgan fingerprint density at radius 3 is 2.63 bits per heavy atom. The van der Waals surface area contributed by atoms with Crippen LogP contribution in [-0.2, 0) is 17.1 Å². The highest BCUT2D eigenvalue weighted by Gasteiger charge is 2.25. The number of nitrogens with one attached hydrogen (secondary N) is 1. The van der Waals surface area contributed by atoms with Crippen LogP contribution in [0.3, 0.4) is 0 Å². The summed E-state index contributed by atoms with van der Waals surface area (Å²) in [5, 5.41) is 4.08. The predicted molar refractivity (Wildman–Crippen MR) is 77.9 cm³/mol. The molecule has 0 bridgehead atoms. The van der Waals surface area contributed by atoms with Crippen LogP contribution in [0.4, 0.5) is 5.69 Å². The first-order valence-electron chi connectivity index (χ1n) is 5.29. The Morgan fingerprint density at radius 1 is 1.42 bits per heavy atom. The van der Waals surface area contributed by atoms with Crippen LogP contribution in [0.2, 0.25) is 5.15 Å². The normalized spacial score (nSPS) is 11.6. The zero-order valence-corrected chi connectivity index (χ0v) is 13.3. The highest BCUT2D eigenvalue weighted by Crippen LogP contribution is 2.27. The first-order chi connectivity index (χ1) is 8.81. The third-order valence-electron chi connectivity index (χ3n) is 2.45. The molecule has 0 amide bonds. The van der Waals surface area contributed by atoms with Gasteiger partial charge in [0.2, 0.25) is 0 Å². The average molecular weight is 365 g/mol. The summed E-state index contributed by atoms with van der Waals surface area (Å²) in [4.78, 5) is -0.00311. The molecule has 0 spiro atoms. The molecule has 102 valence electrons. The van der Waals surface area contributed by atoms with Gasteiger partial charge in [0.25, 0.3) is 10.0 Å². The largest absolute Gasteiger partial charge is 0.279 e. The molecule has 1 aromatic heterocycles. The van der Waals surface area contributed by atoms with Crippen LogP contribution in [-0.4, -0.2) is 18.2 Å². The highest BCUT2D eigenvalue weighted by molar-refractivity contribution is 9.10. The summed E-state index contributed by atoms with van der Waals surface area (Å²) in [6, 6.07) is 6.86. The highest BCUT2D eigenvalue weighted by atomic mass is 79.9. The third kappa shape index (κ3) is 2.93. The first-order valence-corrected chi connectivity index (χ1v) is 7.94. The van der Waals surface area contributed by atoms with Crippen molar-refractivity contribution >= 4 is 43.2 Å². The van der Waals surface area contributed by atoms with Crippen LogP contribution in [0, 0.1) is 6.92 Å². The van der Waals surface area contributed by atoms with E-state index < -0.39 is 10.0 Å². The van der Waals surface area contributed by atoms with Gasteiger partial charge < -0.3 is 0 Å². The fraction of sp³-hybridized carbons (Fsp3) is 0.182. The van der Waals surface area contributed by atoms with Gasteiger partial charge >= 0.3 is 0 Å². The molecule has 8 heteroatoms. The van der Waals surface area contributed by atoms with Gasteiger partial charge in [0, 0.05) is 17.2 Å². The lowest BCUT2D eigenvalue weighted by atomic mass is 10.3. The molecule has 0 aliphatic rings. The minimum absolute atomic E-state index is 0.00311. The number of hydrogen-bond acceptors (Lipinski definition) is 3. The van der Waals surface area contributed by atoms with Crippen molar-refractivity contribution in [3.8, 4) is 0 Å². The maximum atomic E-state index is 12.3. The molecule has 0 fully saturated rings. The van der Waals surface area contributed by atoms with E-state index in [1.165, 1.54) is 4.68 Å². The van der Waals surface area contributed by atoms with Crippen molar-refractivity contribution in [2.75, 3.05) is 4.72 Å². The van der Waals surface area contributed by atoms with Crippen molar-refractivity contribution in [3.63, 3.8) is 0 Å². The summed E-state index contributed by atoms with van der Waals surface area (Å²) < 4.78 is 29.2. The Hall–Kier alpha value is -1.05. The van der Waals surface area contributed by atoms with Crippen molar-refractivity contribution in [2.24, 2.45) is 7.05 Å². The zero-order chi connectivity index (χ0) is 14.2. The van der Waals surface area contributed by atoms with Gasteiger partial charge in [-0.2, -0.15) is 5.10 Å². The third-order valence-corrected chi connectivity index (χ3v) is 5.02. The van der Waals surface area contributed by atoms with Gasteiger partial charge in [0.15, 0.2) is 0 Å². The Morgan fingerprint density at radius 2 is 2.11 bits per heavy atom. The molecule has 2 rings (SSSR count). The quantitative estimate of drug-likeness (QED) is 0.910. The number of halogens is 2. The second kappa shape index (κ2) is 5.15. The molecule has 5 nitrogen and oxygen atoms in total. The number of benzene rings is 1. The SMILES string of the molecule is Cc1nn(C)c(Cl)c1S(=O)(=O)Nc1cccc(Br)c1. The number of hydrogen-bond donors (Lipinski definition) is 1. The molecule has 0 aliphatic carbocycles. The Labute approximate surface area is 124 Å². The fourth-order valence-corrected chi connectivity index (χ4v) is 3.88. The molecule has 2 aromatic rings. The lowest BCUT2D eigenvalue weighted by Gasteiger charge is -2.08. The van der Waals surface area contributed by atoms with Crippen molar-refractivity contribution in [1.29, 1.82) is 0 Å². The maximum Gasteiger partial charge on any atom is 0.266 e. The average Bonchev–Trinajstić information content (AvgIpc) is 2.52. The summed E-state index contributed by atoms with van der Waals surface area (Å²) in [6.07, 6.45) is 0. The predicted octanol–water partition coefficient (Wildman–Crippen LogP) is 2.95. The molecule has 0 aliphatic heterocycles. The van der Waals surface area contributed by atoms with Crippen molar-refractivity contribution in [3.05, 3.63) is 39.6 Å². The van der Waals surface area contributed by atoms with Crippen LogP contribution < -0.4 is 4.72 Å². The van der Waals surface area contributed by atoms with Crippen molar-refractivity contribution in [1.82, 2.24) is 9.78 Å². The van der Waals surface area contributed by atoms with E-state index in [1.54, 1.807) is 38.2 Å². The molecule has 19 heavy (non-hydrogen) atoms. The molecular weight excluding hydrogens is 354 g/mol. The minimum Gasteiger partial charge on any atom is -0.279 e. The van der Waals surface area contributed by atoms with Crippen LogP contribution in [0.25, 0.3) is 0 Å². The van der Waals surface area contributed by atoms with Gasteiger partial charge in [-0.05, 0) is 25.1 Å². The van der Waals surface area contributed by atoms with Gasteiger partial charge in [-0.15, -0.1) is 0 Å². The molecule has 0 atom stereocenters. The van der Waals surface area contributed by atoms with E-state index >= 15 is 0 Å². The fourth-order valence-electron chi connectivity index (χ4n) is 1.67. The van der Waals surface area contributed by atoms with E-state index in [1.807, 2.05) is 0 Å². The summed E-state index contributed by atoms with van der Waals surface area (Å²) >= 11 is 9.25. The summed E-state index contributed by atoms with van der Waals surface area (Å²) in [5.74, 6) is 0. The van der Waals surface area contributed by atoms with Crippen LogP contribution in [0.15, 0.2) is 33.6 Å². The van der Waals surface area contributed by atoms with E-state index in [-0.39, 0.29) is 10.0 Å². The maximum absolute atomic E-state index is 12.3.